The van der Waals surface area contributed by atoms with Crippen molar-refractivity contribution in [2.24, 2.45) is 0 Å². The number of nitrogens with one attached hydrogen (secondary N) is 1. The molecule has 0 atom stereocenters. The van der Waals surface area contributed by atoms with Crippen molar-refractivity contribution in [3.8, 4) is 5.75 Å². The molecule has 160 valence electrons. The van der Waals surface area contributed by atoms with Gasteiger partial charge in [-0.25, -0.2) is 4.39 Å². The van der Waals surface area contributed by atoms with Crippen molar-refractivity contribution in [2.75, 3.05) is 25.5 Å². The van der Waals surface area contributed by atoms with Crippen LogP contribution in [-0.4, -0.2) is 47.1 Å². The number of ether oxygens (including phenoxy) is 1. The molecular formula is C22H21FN4O3S. The van der Waals surface area contributed by atoms with Crippen LogP contribution in [0, 0.1) is 5.82 Å². The van der Waals surface area contributed by atoms with Gasteiger partial charge in [-0.2, -0.15) is 0 Å². The Kier molecular flexibility index (Phi) is 6.22. The number of rotatable bonds is 5. The van der Waals surface area contributed by atoms with Crippen molar-refractivity contribution in [3.05, 3.63) is 69.9 Å². The lowest BCUT2D eigenvalue weighted by molar-refractivity contribution is 0.0712. The second kappa shape index (κ2) is 9.22. The number of carbonyl (C=O) groups is 2. The van der Waals surface area contributed by atoms with E-state index in [-0.39, 0.29) is 28.6 Å². The quantitative estimate of drug-likeness (QED) is 0.649. The summed E-state index contributed by atoms with van der Waals surface area (Å²) in [4.78, 5) is 26.9. The van der Waals surface area contributed by atoms with Crippen molar-refractivity contribution in [1.82, 2.24) is 15.1 Å². The molecule has 2 heterocycles. The minimum Gasteiger partial charge on any atom is -0.497 e. The van der Waals surface area contributed by atoms with Crippen LogP contribution in [0.3, 0.4) is 0 Å². The van der Waals surface area contributed by atoms with E-state index in [0.717, 1.165) is 17.8 Å². The Labute approximate surface area is 182 Å². The molecule has 4 rings (SSSR count). The van der Waals surface area contributed by atoms with Gasteiger partial charge in [0.25, 0.3) is 11.8 Å². The lowest BCUT2D eigenvalue weighted by atomic mass is 9.97. The summed E-state index contributed by atoms with van der Waals surface area (Å²) in [7, 11) is 1.59. The SMILES string of the molecule is COc1ccc(C(=O)N2CCC(c3nnc(C(=O)Nc4ccc(F)cc4)s3)CC2)cc1. The molecule has 1 saturated heterocycles. The fourth-order valence-corrected chi connectivity index (χ4v) is 4.36. The smallest absolute Gasteiger partial charge is 0.286 e. The van der Waals surface area contributed by atoms with Gasteiger partial charge >= 0.3 is 0 Å². The minimum atomic E-state index is -0.373. The number of halogens is 1. The number of carbonyl (C=O) groups excluding carboxylic acids is 2. The number of methoxy groups -OCH3 is 1. The highest BCUT2D eigenvalue weighted by molar-refractivity contribution is 7.13. The van der Waals surface area contributed by atoms with E-state index in [1.54, 1.807) is 31.4 Å². The number of piperidine rings is 1. The van der Waals surface area contributed by atoms with E-state index in [1.165, 1.54) is 35.6 Å². The predicted octanol–water partition coefficient (Wildman–Crippen LogP) is 3.96. The zero-order valence-corrected chi connectivity index (χ0v) is 17.7. The molecule has 0 spiro atoms. The molecule has 0 aliphatic carbocycles. The molecule has 2 aromatic carbocycles. The van der Waals surface area contributed by atoms with Gasteiger partial charge in [0.2, 0.25) is 5.01 Å². The third-order valence-electron chi connectivity index (χ3n) is 5.21. The molecule has 0 radical (unpaired) electrons. The number of benzene rings is 2. The molecule has 0 bridgehead atoms. The summed E-state index contributed by atoms with van der Waals surface area (Å²) in [5, 5.41) is 12.0. The third kappa shape index (κ3) is 4.88. The Balaban J connectivity index is 1.33. The molecule has 1 fully saturated rings. The van der Waals surface area contributed by atoms with Crippen LogP contribution >= 0.6 is 11.3 Å². The van der Waals surface area contributed by atoms with Gasteiger partial charge in [-0.1, -0.05) is 11.3 Å². The zero-order valence-electron chi connectivity index (χ0n) is 16.9. The highest BCUT2D eigenvalue weighted by atomic mass is 32.1. The van der Waals surface area contributed by atoms with Crippen LogP contribution in [0.2, 0.25) is 0 Å². The van der Waals surface area contributed by atoms with Gasteiger partial charge < -0.3 is 15.0 Å². The topological polar surface area (TPSA) is 84.4 Å². The second-order valence-corrected chi connectivity index (χ2v) is 8.21. The lowest BCUT2D eigenvalue weighted by Crippen LogP contribution is -2.37. The van der Waals surface area contributed by atoms with Crippen molar-refractivity contribution >= 4 is 28.8 Å². The highest BCUT2D eigenvalue weighted by Crippen LogP contribution is 2.31. The molecule has 1 aliphatic heterocycles. The van der Waals surface area contributed by atoms with Crippen LogP contribution in [0.4, 0.5) is 10.1 Å². The highest BCUT2D eigenvalue weighted by Gasteiger charge is 2.27. The van der Waals surface area contributed by atoms with Crippen molar-refractivity contribution < 1.29 is 18.7 Å². The first-order valence-electron chi connectivity index (χ1n) is 9.87. The van der Waals surface area contributed by atoms with Crippen LogP contribution in [0.25, 0.3) is 0 Å². The predicted molar refractivity (Wildman–Crippen MR) is 115 cm³/mol. The Morgan fingerprint density at radius 2 is 1.74 bits per heavy atom. The van der Waals surface area contributed by atoms with Crippen LogP contribution in [-0.2, 0) is 0 Å². The Hall–Kier alpha value is -3.33. The summed E-state index contributed by atoms with van der Waals surface area (Å²) >= 11 is 1.25. The molecule has 1 N–H and O–H groups in total. The summed E-state index contributed by atoms with van der Waals surface area (Å²) in [5.41, 5.74) is 1.13. The normalized spacial score (nSPS) is 14.3. The molecule has 1 aromatic heterocycles. The molecule has 31 heavy (non-hydrogen) atoms. The number of hydrogen-bond donors (Lipinski definition) is 1. The van der Waals surface area contributed by atoms with Crippen molar-refractivity contribution in [2.45, 2.75) is 18.8 Å². The monoisotopic (exact) mass is 440 g/mol. The molecular weight excluding hydrogens is 419 g/mol. The summed E-state index contributed by atoms with van der Waals surface area (Å²) in [6, 6.07) is 12.6. The van der Waals surface area contributed by atoms with E-state index < -0.39 is 0 Å². The Bertz CT molecular complexity index is 1060. The van der Waals surface area contributed by atoms with Crippen molar-refractivity contribution in [1.29, 1.82) is 0 Å². The maximum Gasteiger partial charge on any atom is 0.286 e. The molecule has 1 aliphatic rings. The summed E-state index contributed by atoms with van der Waals surface area (Å²) < 4.78 is 18.1. The van der Waals surface area contributed by atoms with E-state index in [4.69, 9.17) is 4.74 Å². The average Bonchev–Trinajstić information content (AvgIpc) is 3.31. The number of aromatic nitrogens is 2. The first-order valence-corrected chi connectivity index (χ1v) is 10.7. The second-order valence-electron chi connectivity index (χ2n) is 7.20. The van der Waals surface area contributed by atoms with Gasteiger partial charge in [-0.15, -0.1) is 10.2 Å². The number of anilines is 1. The maximum atomic E-state index is 13.0. The third-order valence-corrected chi connectivity index (χ3v) is 6.29. The molecule has 2 amide bonds. The van der Waals surface area contributed by atoms with Gasteiger partial charge in [0.15, 0.2) is 0 Å². The lowest BCUT2D eigenvalue weighted by Gasteiger charge is -2.31. The van der Waals surface area contributed by atoms with Crippen LogP contribution in [0.1, 0.15) is 43.9 Å². The molecule has 3 aromatic rings. The molecule has 0 unspecified atom stereocenters. The number of likely N-dealkylation sites (tertiary alicyclic amines) is 1. The van der Waals surface area contributed by atoms with E-state index in [0.29, 0.717) is 30.1 Å². The number of nitrogens with zero attached hydrogens (tertiary/aromatic N) is 3. The largest absolute Gasteiger partial charge is 0.497 e. The van der Waals surface area contributed by atoms with Gasteiger partial charge in [0, 0.05) is 30.3 Å². The van der Waals surface area contributed by atoms with E-state index in [9.17, 15) is 14.0 Å². The molecule has 9 heteroatoms. The number of amides is 2. The molecule has 0 saturated carbocycles. The van der Waals surface area contributed by atoms with Gasteiger partial charge in [-0.3, -0.25) is 9.59 Å². The fourth-order valence-electron chi connectivity index (χ4n) is 3.45. The van der Waals surface area contributed by atoms with Crippen LogP contribution in [0.15, 0.2) is 48.5 Å². The summed E-state index contributed by atoms with van der Waals surface area (Å²) in [6.07, 6.45) is 1.52. The fraction of sp³-hybridized carbons (Fsp3) is 0.273. The van der Waals surface area contributed by atoms with Crippen LogP contribution in [0.5, 0.6) is 5.75 Å². The average molecular weight is 441 g/mol. The van der Waals surface area contributed by atoms with Crippen molar-refractivity contribution in [3.63, 3.8) is 0 Å². The standard InChI is InChI=1S/C22H21FN4O3S/c1-30-18-8-2-15(3-9-18)22(29)27-12-10-14(11-13-27)20-25-26-21(31-20)19(28)24-17-6-4-16(23)5-7-17/h2-9,14H,10-13H2,1H3,(H,24,28). The van der Waals surface area contributed by atoms with E-state index in [2.05, 4.69) is 15.5 Å². The van der Waals surface area contributed by atoms with Gasteiger partial charge in [-0.05, 0) is 61.4 Å². The van der Waals surface area contributed by atoms with E-state index >= 15 is 0 Å². The summed E-state index contributed by atoms with van der Waals surface area (Å²) in [5.74, 6) is 0.129. The van der Waals surface area contributed by atoms with Gasteiger partial charge in [0.05, 0.1) is 7.11 Å². The molecule has 7 nitrogen and oxygen atoms in total. The van der Waals surface area contributed by atoms with E-state index in [1.807, 2.05) is 4.90 Å². The zero-order chi connectivity index (χ0) is 21.8. The maximum absolute atomic E-state index is 13.0. The summed E-state index contributed by atoms with van der Waals surface area (Å²) in [6.45, 7) is 1.23. The van der Waals surface area contributed by atoms with Crippen LogP contribution < -0.4 is 10.1 Å². The Morgan fingerprint density at radius 3 is 2.39 bits per heavy atom. The number of hydrogen-bond acceptors (Lipinski definition) is 6. The minimum absolute atomic E-state index is 0.00210. The Morgan fingerprint density at radius 1 is 1.06 bits per heavy atom. The first kappa shape index (κ1) is 20.9. The van der Waals surface area contributed by atoms with Gasteiger partial charge in [0.1, 0.15) is 16.6 Å². The first-order chi connectivity index (χ1) is 15.0.